The van der Waals surface area contributed by atoms with Gasteiger partial charge in [-0.1, -0.05) is 48.5 Å². The first-order chi connectivity index (χ1) is 7.97. The van der Waals surface area contributed by atoms with Gasteiger partial charge >= 0.3 is 59.1 Å². The Hall–Kier alpha value is 0.240. The summed E-state index contributed by atoms with van der Waals surface area (Å²) in [4.78, 5) is 8.00. The van der Waals surface area contributed by atoms with Crippen molar-refractivity contribution in [3.8, 4) is 0 Å². The molecule has 2 rings (SSSR count). The van der Waals surface area contributed by atoms with Crippen molar-refractivity contribution in [2.45, 2.75) is 0 Å². The van der Waals surface area contributed by atoms with Gasteiger partial charge in [0, 0.05) is 10.4 Å². The zero-order chi connectivity index (χ0) is 13.3. The third kappa shape index (κ3) is 14.5. The quantitative estimate of drug-likeness (QED) is 0.277. The first kappa shape index (κ1) is 24.3. The summed E-state index contributed by atoms with van der Waals surface area (Å²) in [6.45, 7) is 2.00. The molecule has 0 spiro atoms. The standard InChI is InChI=1S/C10H8.CH2O.2Na.H2O4S/c1-2-6-10-8-4-3-7-9(10)5-1;1-2;;;1-5(2,3)4/h1-8H;1H2;;;(H2,1,2,3,4)/q;;2*+1;/p-2. The molecule has 2 aromatic carbocycles. The summed E-state index contributed by atoms with van der Waals surface area (Å²) in [6.07, 6.45) is 0. The topological polar surface area (TPSA) is 97.3 Å². The van der Waals surface area contributed by atoms with Gasteiger partial charge < -0.3 is 13.9 Å². The fourth-order valence-electron chi connectivity index (χ4n) is 1.13. The van der Waals surface area contributed by atoms with E-state index >= 15 is 0 Å². The van der Waals surface area contributed by atoms with Crippen molar-refractivity contribution in [3.05, 3.63) is 48.5 Å². The Morgan fingerprint density at radius 2 is 0.895 bits per heavy atom. The number of carbonyl (C=O) groups is 1. The molecule has 0 aromatic heterocycles. The smallest absolute Gasteiger partial charge is 0.759 e. The van der Waals surface area contributed by atoms with Crippen LogP contribution in [0.4, 0.5) is 0 Å². The molecule has 0 amide bonds. The Morgan fingerprint density at radius 3 is 1.05 bits per heavy atom. The average Bonchev–Trinajstić information content (AvgIpc) is 2.30. The number of hydrogen-bond donors (Lipinski definition) is 0. The van der Waals surface area contributed by atoms with Crippen LogP contribution in [0.1, 0.15) is 0 Å². The molecule has 0 aliphatic heterocycles. The van der Waals surface area contributed by atoms with Gasteiger partial charge in [0.05, 0.1) is 0 Å². The van der Waals surface area contributed by atoms with Crippen LogP contribution in [-0.2, 0) is 15.2 Å². The second-order valence-electron chi connectivity index (χ2n) is 2.76. The van der Waals surface area contributed by atoms with Crippen LogP contribution in [0.3, 0.4) is 0 Å². The minimum absolute atomic E-state index is 0. The van der Waals surface area contributed by atoms with Crippen LogP contribution in [0.25, 0.3) is 10.8 Å². The number of hydrogen-bond acceptors (Lipinski definition) is 5. The van der Waals surface area contributed by atoms with Crippen LogP contribution in [-0.4, -0.2) is 24.3 Å². The maximum Gasteiger partial charge on any atom is 1.00 e. The molecule has 0 saturated heterocycles. The Bertz CT molecular complexity index is 486. The van der Waals surface area contributed by atoms with E-state index in [1.807, 2.05) is 6.79 Å². The molecule has 0 radical (unpaired) electrons. The zero-order valence-corrected chi connectivity index (χ0v) is 15.6. The van der Waals surface area contributed by atoms with Crippen molar-refractivity contribution in [3.63, 3.8) is 0 Å². The monoisotopic (exact) mass is 300 g/mol. The molecule has 5 nitrogen and oxygen atoms in total. The molecule has 0 bridgehead atoms. The summed E-state index contributed by atoms with van der Waals surface area (Å²) in [6, 6.07) is 16.7. The third-order valence-corrected chi connectivity index (χ3v) is 1.66. The van der Waals surface area contributed by atoms with Gasteiger partial charge in [0.1, 0.15) is 6.79 Å². The predicted molar refractivity (Wildman–Crippen MR) is 61.5 cm³/mol. The fraction of sp³-hybridized carbons (Fsp3) is 0. The summed E-state index contributed by atoms with van der Waals surface area (Å²) >= 11 is 0. The van der Waals surface area contributed by atoms with Gasteiger partial charge in [-0.2, -0.15) is 0 Å². The Morgan fingerprint density at radius 1 is 0.737 bits per heavy atom. The van der Waals surface area contributed by atoms with Crippen molar-refractivity contribution in [2.75, 3.05) is 0 Å². The predicted octanol–water partition coefficient (Wildman–Crippen LogP) is -4.68. The molecule has 0 aliphatic carbocycles. The normalized spacial score (nSPS) is 8.53. The molecule has 8 heteroatoms. The Balaban J connectivity index is -0.000000251. The van der Waals surface area contributed by atoms with Crippen LogP contribution in [0.5, 0.6) is 0 Å². The second-order valence-corrected chi connectivity index (χ2v) is 3.57. The molecule has 2 aromatic rings. The van der Waals surface area contributed by atoms with Crippen molar-refractivity contribution < 1.29 is 81.4 Å². The van der Waals surface area contributed by atoms with Crippen LogP contribution >= 0.6 is 0 Å². The van der Waals surface area contributed by atoms with Crippen LogP contribution in [0.2, 0.25) is 0 Å². The zero-order valence-electron chi connectivity index (χ0n) is 10.8. The van der Waals surface area contributed by atoms with Crippen LogP contribution in [0, 0.1) is 0 Å². The number of benzene rings is 2. The van der Waals surface area contributed by atoms with Gasteiger partial charge in [-0.25, -0.2) is 0 Å². The van der Waals surface area contributed by atoms with E-state index in [4.69, 9.17) is 22.3 Å². The minimum atomic E-state index is -5.17. The molecule has 0 heterocycles. The Labute approximate surface area is 156 Å². The van der Waals surface area contributed by atoms with Gasteiger partial charge in [0.25, 0.3) is 0 Å². The summed E-state index contributed by atoms with van der Waals surface area (Å²) in [7, 11) is -5.17. The third-order valence-electron chi connectivity index (χ3n) is 1.66. The maximum absolute atomic E-state index is 8.52. The largest absolute Gasteiger partial charge is 1.00 e. The maximum atomic E-state index is 8.52. The molecular formula is C11H10Na2O5S. The molecule has 0 saturated carbocycles. The van der Waals surface area contributed by atoms with Crippen LogP contribution < -0.4 is 59.1 Å². The molecule has 0 N–H and O–H groups in total. The van der Waals surface area contributed by atoms with Crippen molar-refractivity contribution >= 4 is 28.0 Å². The van der Waals surface area contributed by atoms with E-state index in [1.54, 1.807) is 0 Å². The molecule has 0 aliphatic rings. The molecule has 0 atom stereocenters. The number of carbonyl (C=O) groups excluding carboxylic acids is 1. The first-order valence-electron chi connectivity index (χ1n) is 4.36. The number of fused-ring (bicyclic) bond motifs is 1. The van der Waals surface area contributed by atoms with Crippen molar-refractivity contribution in [1.29, 1.82) is 0 Å². The first-order valence-corrected chi connectivity index (χ1v) is 5.69. The fourth-order valence-corrected chi connectivity index (χ4v) is 1.13. The van der Waals surface area contributed by atoms with Crippen molar-refractivity contribution in [2.24, 2.45) is 0 Å². The SMILES string of the molecule is C=O.O=S(=O)([O-])[O-].[Na+].[Na+].c1ccc2ccccc2c1. The average molecular weight is 300 g/mol. The van der Waals surface area contributed by atoms with Gasteiger partial charge in [-0.15, -0.1) is 0 Å². The molecule has 0 unspecified atom stereocenters. The summed E-state index contributed by atoms with van der Waals surface area (Å²) < 4.78 is 34.1. The number of rotatable bonds is 0. The molecular weight excluding hydrogens is 290 g/mol. The summed E-state index contributed by atoms with van der Waals surface area (Å²) in [5.74, 6) is 0. The van der Waals surface area contributed by atoms with E-state index in [-0.39, 0.29) is 59.1 Å². The minimum Gasteiger partial charge on any atom is -0.759 e. The van der Waals surface area contributed by atoms with Gasteiger partial charge in [-0.3, -0.25) is 8.42 Å². The van der Waals surface area contributed by atoms with Gasteiger partial charge in [0.15, 0.2) is 0 Å². The van der Waals surface area contributed by atoms with E-state index in [9.17, 15) is 0 Å². The van der Waals surface area contributed by atoms with E-state index in [1.165, 1.54) is 10.8 Å². The molecule has 92 valence electrons. The van der Waals surface area contributed by atoms with E-state index < -0.39 is 10.4 Å². The van der Waals surface area contributed by atoms with Gasteiger partial charge in [0.2, 0.25) is 0 Å². The van der Waals surface area contributed by atoms with Crippen LogP contribution in [0.15, 0.2) is 48.5 Å². The van der Waals surface area contributed by atoms with Gasteiger partial charge in [-0.05, 0) is 10.8 Å². The molecule has 0 fully saturated rings. The Kier molecular flexibility index (Phi) is 16.9. The van der Waals surface area contributed by atoms with E-state index in [0.717, 1.165) is 0 Å². The molecule has 19 heavy (non-hydrogen) atoms. The summed E-state index contributed by atoms with van der Waals surface area (Å²) in [5.41, 5.74) is 0. The summed E-state index contributed by atoms with van der Waals surface area (Å²) in [5, 5.41) is 2.62. The van der Waals surface area contributed by atoms with Crippen molar-refractivity contribution in [1.82, 2.24) is 0 Å². The van der Waals surface area contributed by atoms with E-state index in [2.05, 4.69) is 48.5 Å². The second kappa shape index (κ2) is 13.2. The van der Waals surface area contributed by atoms with E-state index in [0.29, 0.717) is 0 Å².